The van der Waals surface area contributed by atoms with Crippen molar-refractivity contribution in [2.45, 2.75) is 111 Å². The summed E-state index contributed by atoms with van der Waals surface area (Å²) < 4.78 is 5.86. The van der Waals surface area contributed by atoms with Crippen LogP contribution in [0.2, 0.25) is 0 Å². The van der Waals surface area contributed by atoms with Crippen LogP contribution in [0.25, 0.3) is 0 Å². The highest BCUT2D eigenvalue weighted by Gasteiger charge is 2.41. The van der Waals surface area contributed by atoms with Crippen molar-refractivity contribution in [1.82, 2.24) is 10.2 Å². The van der Waals surface area contributed by atoms with E-state index in [1.807, 2.05) is 6.92 Å². The number of piperidine rings is 1. The summed E-state index contributed by atoms with van der Waals surface area (Å²) in [6, 6.07) is 0.279. The van der Waals surface area contributed by atoms with Gasteiger partial charge in [-0.25, -0.2) is 0 Å². The molecule has 0 aliphatic carbocycles. The zero-order valence-electron chi connectivity index (χ0n) is 17.9. The zero-order valence-corrected chi connectivity index (χ0v) is 17.9. The fourth-order valence-corrected chi connectivity index (χ4v) is 4.08. The van der Waals surface area contributed by atoms with Gasteiger partial charge in [-0.15, -0.1) is 0 Å². The van der Waals surface area contributed by atoms with E-state index in [1.54, 1.807) is 0 Å². The molecule has 0 saturated carbocycles. The van der Waals surface area contributed by atoms with Gasteiger partial charge in [0, 0.05) is 30.3 Å². The first-order valence-electron chi connectivity index (χ1n) is 10.2. The maximum atomic E-state index is 13.1. The summed E-state index contributed by atoms with van der Waals surface area (Å²) in [5, 5.41) is 3.72. The van der Waals surface area contributed by atoms with E-state index in [0.29, 0.717) is 12.5 Å². The Morgan fingerprint density at radius 3 is 2.20 bits per heavy atom. The summed E-state index contributed by atoms with van der Waals surface area (Å²) in [6.45, 7) is 18.9. The van der Waals surface area contributed by atoms with Crippen molar-refractivity contribution in [2.24, 2.45) is 5.92 Å². The van der Waals surface area contributed by atoms with Crippen LogP contribution in [0, 0.1) is 5.92 Å². The minimum absolute atomic E-state index is 0.0406. The van der Waals surface area contributed by atoms with Gasteiger partial charge >= 0.3 is 0 Å². The number of hydrogen-bond donors (Lipinski definition) is 1. The van der Waals surface area contributed by atoms with Gasteiger partial charge in [0.05, 0.1) is 0 Å². The Bertz CT molecular complexity index is 402. The second kappa shape index (κ2) is 9.36. The van der Waals surface area contributed by atoms with Gasteiger partial charge in [-0.2, -0.15) is 0 Å². The highest BCUT2D eigenvalue weighted by atomic mass is 16.5. The molecule has 1 aliphatic heterocycles. The second-order valence-electron chi connectivity index (χ2n) is 9.54. The predicted octanol–water partition coefficient (Wildman–Crippen LogP) is 4.38. The standard InChI is InChI=1S/C21H42N2O2/c1-9-10-12-23(19(24)17(4)25-13-11-16(2)3)18-14-20(5,6)22-21(7,8)15-18/h16-18,22H,9-15H2,1-8H3. The van der Waals surface area contributed by atoms with Crippen LogP contribution >= 0.6 is 0 Å². The van der Waals surface area contributed by atoms with Crippen molar-refractivity contribution in [1.29, 1.82) is 0 Å². The number of nitrogens with one attached hydrogen (secondary N) is 1. The third-order valence-electron chi connectivity index (χ3n) is 5.06. The van der Waals surface area contributed by atoms with Crippen molar-refractivity contribution in [3.05, 3.63) is 0 Å². The molecule has 1 aliphatic rings. The van der Waals surface area contributed by atoms with Gasteiger partial charge in [-0.1, -0.05) is 27.2 Å². The Hall–Kier alpha value is -0.610. The van der Waals surface area contributed by atoms with E-state index in [-0.39, 0.29) is 29.1 Å². The molecule has 0 bridgehead atoms. The van der Waals surface area contributed by atoms with Crippen molar-refractivity contribution in [3.8, 4) is 0 Å². The molecule has 0 aromatic carbocycles. The average Bonchev–Trinajstić information content (AvgIpc) is 2.43. The van der Waals surface area contributed by atoms with Crippen LogP contribution in [0.5, 0.6) is 0 Å². The van der Waals surface area contributed by atoms with Gasteiger partial charge in [-0.05, 0) is 66.2 Å². The fraction of sp³-hybridized carbons (Fsp3) is 0.952. The molecule has 1 atom stereocenters. The Morgan fingerprint density at radius 2 is 1.72 bits per heavy atom. The van der Waals surface area contributed by atoms with E-state index in [9.17, 15) is 4.79 Å². The van der Waals surface area contributed by atoms with E-state index in [4.69, 9.17) is 4.74 Å². The molecule has 25 heavy (non-hydrogen) atoms. The normalized spacial score (nSPS) is 21.3. The van der Waals surface area contributed by atoms with Crippen LogP contribution < -0.4 is 5.32 Å². The highest BCUT2D eigenvalue weighted by molar-refractivity contribution is 5.81. The lowest BCUT2D eigenvalue weighted by Gasteiger charge is -2.50. The van der Waals surface area contributed by atoms with Crippen LogP contribution in [0.4, 0.5) is 0 Å². The van der Waals surface area contributed by atoms with Crippen LogP contribution in [-0.4, -0.2) is 47.2 Å². The predicted molar refractivity (Wildman–Crippen MR) is 106 cm³/mol. The van der Waals surface area contributed by atoms with Crippen LogP contribution in [0.1, 0.15) is 87.5 Å². The van der Waals surface area contributed by atoms with Gasteiger partial charge in [0.15, 0.2) is 0 Å². The number of nitrogens with zero attached hydrogens (tertiary/aromatic N) is 1. The lowest BCUT2D eigenvalue weighted by molar-refractivity contribution is -0.147. The Morgan fingerprint density at radius 1 is 1.16 bits per heavy atom. The smallest absolute Gasteiger partial charge is 0.251 e. The van der Waals surface area contributed by atoms with Crippen molar-refractivity contribution < 1.29 is 9.53 Å². The van der Waals surface area contributed by atoms with Gasteiger partial charge in [-0.3, -0.25) is 4.79 Å². The zero-order chi connectivity index (χ0) is 19.3. The van der Waals surface area contributed by atoms with E-state index < -0.39 is 0 Å². The number of rotatable bonds is 9. The number of carbonyl (C=O) groups excluding carboxylic acids is 1. The molecular formula is C21H42N2O2. The average molecular weight is 355 g/mol. The van der Waals surface area contributed by atoms with Crippen molar-refractivity contribution in [2.75, 3.05) is 13.2 Å². The maximum absolute atomic E-state index is 13.1. The quantitative estimate of drug-likeness (QED) is 0.668. The monoisotopic (exact) mass is 354 g/mol. The third kappa shape index (κ3) is 7.65. The van der Waals surface area contributed by atoms with Crippen LogP contribution in [0.15, 0.2) is 0 Å². The fourth-order valence-electron chi connectivity index (χ4n) is 4.08. The van der Waals surface area contributed by atoms with Gasteiger partial charge < -0.3 is 15.0 Å². The minimum atomic E-state index is -0.350. The Kier molecular flexibility index (Phi) is 8.40. The van der Waals surface area contributed by atoms with Gasteiger partial charge in [0.2, 0.25) is 0 Å². The summed E-state index contributed by atoms with van der Waals surface area (Å²) in [4.78, 5) is 15.2. The van der Waals surface area contributed by atoms with Gasteiger partial charge in [0.1, 0.15) is 6.10 Å². The maximum Gasteiger partial charge on any atom is 0.251 e. The summed E-state index contributed by atoms with van der Waals surface area (Å²) in [5.41, 5.74) is 0.0811. The first kappa shape index (κ1) is 22.4. The summed E-state index contributed by atoms with van der Waals surface area (Å²) in [5.74, 6) is 0.764. The number of amides is 1. The van der Waals surface area contributed by atoms with E-state index in [1.165, 1.54) is 0 Å². The molecule has 1 heterocycles. The molecule has 1 amide bonds. The number of unbranched alkanes of at least 4 members (excludes halogenated alkanes) is 1. The largest absolute Gasteiger partial charge is 0.369 e. The molecule has 1 rings (SSSR count). The summed E-state index contributed by atoms with van der Waals surface area (Å²) >= 11 is 0. The lowest BCUT2D eigenvalue weighted by atomic mass is 9.79. The first-order chi connectivity index (χ1) is 11.5. The topological polar surface area (TPSA) is 41.6 Å². The van der Waals surface area contributed by atoms with Crippen LogP contribution in [-0.2, 0) is 9.53 Å². The SMILES string of the molecule is CCCCN(C(=O)C(C)OCCC(C)C)C1CC(C)(C)NC(C)(C)C1. The molecule has 1 saturated heterocycles. The number of ether oxygens (including phenoxy) is 1. The Labute approximate surface area is 156 Å². The molecule has 0 aromatic rings. The minimum Gasteiger partial charge on any atom is -0.369 e. The molecule has 4 nitrogen and oxygen atoms in total. The lowest BCUT2D eigenvalue weighted by Crippen LogP contribution is -2.63. The van der Waals surface area contributed by atoms with E-state index >= 15 is 0 Å². The molecule has 1 fully saturated rings. The molecule has 148 valence electrons. The Balaban J connectivity index is 2.82. The van der Waals surface area contributed by atoms with Crippen LogP contribution in [0.3, 0.4) is 0 Å². The van der Waals surface area contributed by atoms with Gasteiger partial charge in [0.25, 0.3) is 5.91 Å². The number of hydrogen-bond acceptors (Lipinski definition) is 3. The first-order valence-corrected chi connectivity index (χ1v) is 10.2. The highest BCUT2D eigenvalue weighted by Crippen LogP contribution is 2.32. The number of carbonyl (C=O) groups is 1. The summed E-state index contributed by atoms with van der Waals surface area (Å²) in [6.07, 6.45) is 4.78. The molecule has 1 N–H and O–H groups in total. The molecule has 0 aromatic heterocycles. The van der Waals surface area contributed by atoms with Crippen molar-refractivity contribution in [3.63, 3.8) is 0 Å². The van der Waals surface area contributed by atoms with E-state index in [0.717, 1.165) is 38.6 Å². The molecule has 4 heteroatoms. The molecule has 0 radical (unpaired) electrons. The second-order valence-corrected chi connectivity index (χ2v) is 9.54. The molecule has 0 spiro atoms. The summed E-state index contributed by atoms with van der Waals surface area (Å²) in [7, 11) is 0. The molecular weight excluding hydrogens is 312 g/mol. The molecule has 1 unspecified atom stereocenters. The van der Waals surface area contributed by atoms with E-state index in [2.05, 4.69) is 58.7 Å². The van der Waals surface area contributed by atoms with Crippen molar-refractivity contribution >= 4 is 5.91 Å². The third-order valence-corrected chi connectivity index (χ3v) is 5.06.